The summed E-state index contributed by atoms with van der Waals surface area (Å²) in [6.07, 6.45) is 1.62. The number of carbonyl (C=O) groups excluding carboxylic acids is 1. The first-order chi connectivity index (χ1) is 18.9. The number of hydrogen-bond donors (Lipinski definition) is 2. The zero-order valence-corrected chi connectivity index (χ0v) is 22.0. The third-order valence-electron chi connectivity index (χ3n) is 7.57. The number of para-hydroxylation sites is 1. The highest BCUT2D eigenvalue weighted by Gasteiger charge is 2.48. The van der Waals surface area contributed by atoms with E-state index in [1.165, 1.54) is 0 Å². The minimum Gasteiger partial charge on any atom is -0.457 e. The maximum absolute atomic E-state index is 13.4. The van der Waals surface area contributed by atoms with E-state index in [0.717, 1.165) is 18.4 Å². The van der Waals surface area contributed by atoms with Gasteiger partial charge >= 0.3 is 0 Å². The fourth-order valence-electron chi connectivity index (χ4n) is 5.30. The number of H-pyrrole nitrogens is 1. The number of fused-ring (bicyclic) bond motifs is 1. The van der Waals surface area contributed by atoms with Crippen LogP contribution in [0.5, 0.6) is 11.5 Å². The summed E-state index contributed by atoms with van der Waals surface area (Å²) < 4.78 is 5.86. The van der Waals surface area contributed by atoms with Crippen LogP contribution in [0.1, 0.15) is 53.6 Å². The lowest BCUT2D eigenvalue weighted by Crippen LogP contribution is -2.36. The summed E-state index contributed by atoms with van der Waals surface area (Å²) in [5.41, 5.74) is 2.09. The van der Waals surface area contributed by atoms with Gasteiger partial charge in [-0.1, -0.05) is 54.1 Å². The number of aliphatic hydroxyl groups excluding tert-OH is 1. The van der Waals surface area contributed by atoms with Crippen LogP contribution in [0.25, 0.3) is 0 Å². The van der Waals surface area contributed by atoms with Crippen molar-refractivity contribution >= 4 is 17.5 Å². The Bertz CT molecular complexity index is 1580. The van der Waals surface area contributed by atoms with Gasteiger partial charge in [-0.15, -0.1) is 0 Å². The van der Waals surface area contributed by atoms with Gasteiger partial charge in [-0.3, -0.25) is 9.59 Å². The Balaban J connectivity index is 1.22. The Hall–Kier alpha value is -3.94. The van der Waals surface area contributed by atoms with Crippen LogP contribution in [-0.2, 0) is 23.2 Å². The summed E-state index contributed by atoms with van der Waals surface area (Å²) in [5.74, 6) is 1.38. The number of aromatic nitrogens is 2. The summed E-state index contributed by atoms with van der Waals surface area (Å²) in [4.78, 5) is 36.1. The summed E-state index contributed by atoms with van der Waals surface area (Å²) in [5, 5.41) is 11.6. The number of nitrogens with zero attached hydrogens (tertiary/aromatic N) is 2. The highest BCUT2D eigenvalue weighted by atomic mass is 35.5. The molecular weight excluding hydrogens is 514 g/mol. The first-order valence-corrected chi connectivity index (χ1v) is 13.5. The lowest BCUT2D eigenvalue weighted by molar-refractivity contribution is -0.141. The zero-order chi connectivity index (χ0) is 27.0. The van der Waals surface area contributed by atoms with E-state index in [1.807, 2.05) is 54.6 Å². The maximum Gasteiger partial charge on any atom is 0.256 e. The second-order valence-electron chi connectivity index (χ2n) is 10.2. The molecule has 1 aliphatic carbocycles. The molecule has 8 heteroatoms. The largest absolute Gasteiger partial charge is 0.457 e. The Morgan fingerprint density at radius 2 is 1.79 bits per heavy atom. The molecule has 0 bridgehead atoms. The number of amides is 1. The number of benzene rings is 3. The van der Waals surface area contributed by atoms with Gasteiger partial charge in [0.2, 0.25) is 0 Å². The number of rotatable bonds is 6. The Morgan fingerprint density at radius 3 is 2.56 bits per heavy atom. The number of aromatic amines is 1. The number of halogens is 1. The van der Waals surface area contributed by atoms with E-state index in [1.54, 1.807) is 29.2 Å². The predicted octanol–water partition coefficient (Wildman–Crippen LogP) is 5.30. The van der Waals surface area contributed by atoms with Gasteiger partial charge in [0.25, 0.3) is 11.5 Å². The monoisotopic (exact) mass is 541 g/mol. The third-order valence-corrected chi connectivity index (χ3v) is 7.81. The van der Waals surface area contributed by atoms with Gasteiger partial charge in [0, 0.05) is 11.6 Å². The second-order valence-corrected chi connectivity index (χ2v) is 10.6. The standard InChI is InChI=1S/C31H28ClN3O4/c32-22-9-5-8-21(18-22)31(14-15-31)30-33-26-13-6-16-35(19-25(26)28(37)34-30)29(38)27(36)20-7-4-12-24(17-20)39-23-10-2-1-3-11-23/h1-5,7-12,17-18,27,36H,6,13-16,19H2,(H,33,34,37). The van der Waals surface area contributed by atoms with Crippen molar-refractivity contribution in [2.75, 3.05) is 6.54 Å². The van der Waals surface area contributed by atoms with Crippen LogP contribution in [0.2, 0.25) is 5.02 Å². The highest BCUT2D eigenvalue weighted by Crippen LogP contribution is 2.52. The summed E-state index contributed by atoms with van der Waals surface area (Å²) >= 11 is 6.24. The fourth-order valence-corrected chi connectivity index (χ4v) is 5.49. The Morgan fingerprint density at radius 1 is 1.03 bits per heavy atom. The molecular formula is C31H28ClN3O4. The van der Waals surface area contributed by atoms with Crippen LogP contribution in [0.3, 0.4) is 0 Å². The van der Waals surface area contributed by atoms with E-state index in [2.05, 4.69) is 4.98 Å². The second kappa shape index (κ2) is 10.3. The van der Waals surface area contributed by atoms with Crippen LogP contribution in [-0.4, -0.2) is 32.4 Å². The quantitative estimate of drug-likeness (QED) is 0.345. The summed E-state index contributed by atoms with van der Waals surface area (Å²) in [6.45, 7) is 0.513. The molecule has 4 aromatic rings. The molecule has 1 fully saturated rings. The smallest absolute Gasteiger partial charge is 0.256 e. The van der Waals surface area contributed by atoms with E-state index >= 15 is 0 Å². The lowest BCUT2D eigenvalue weighted by atomic mass is 9.94. The van der Waals surface area contributed by atoms with Crippen molar-refractivity contribution in [3.8, 4) is 11.5 Å². The first kappa shape index (κ1) is 25.3. The molecule has 1 atom stereocenters. The van der Waals surface area contributed by atoms with Gasteiger partial charge in [0.05, 0.1) is 23.2 Å². The molecule has 0 radical (unpaired) electrons. The molecule has 198 valence electrons. The van der Waals surface area contributed by atoms with Crippen molar-refractivity contribution in [3.63, 3.8) is 0 Å². The van der Waals surface area contributed by atoms with Crippen molar-refractivity contribution in [2.45, 2.75) is 43.7 Å². The molecule has 1 aromatic heterocycles. The minimum absolute atomic E-state index is 0.0954. The lowest BCUT2D eigenvalue weighted by Gasteiger charge is -2.24. The molecule has 6 rings (SSSR count). The molecule has 1 aliphatic heterocycles. The molecule has 2 heterocycles. The fraction of sp³-hybridized carbons (Fsp3) is 0.258. The van der Waals surface area contributed by atoms with E-state index < -0.39 is 12.0 Å². The zero-order valence-electron chi connectivity index (χ0n) is 21.3. The normalized spacial score (nSPS) is 16.6. The van der Waals surface area contributed by atoms with Crippen molar-refractivity contribution < 1.29 is 14.6 Å². The van der Waals surface area contributed by atoms with E-state index in [0.29, 0.717) is 58.6 Å². The van der Waals surface area contributed by atoms with Crippen molar-refractivity contribution in [3.05, 3.63) is 122 Å². The van der Waals surface area contributed by atoms with Crippen LogP contribution in [0.15, 0.2) is 83.7 Å². The Kier molecular flexibility index (Phi) is 6.71. The van der Waals surface area contributed by atoms with Crippen LogP contribution >= 0.6 is 11.6 Å². The molecule has 2 N–H and O–H groups in total. The number of hydrogen-bond acceptors (Lipinski definition) is 5. The molecule has 2 aliphatic rings. The number of aryl methyl sites for hydroxylation is 1. The van der Waals surface area contributed by atoms with Crippen molar-refractivity contribution in [1.82, 2.24) is 14.9 Å². The van der Waals surface area contributed by atoms with Crippen LogP contribution < -0.4 is 10.3 Å². The van der Waals surface area contributed by atoms with Gasteiger partial charge in [-0.05, 0) is 73.2 Å². The molecule has 0 saturated heterocycles. The SMILES string of the molecule is O=C(C(O)c1cccc(Oc2ccccc2)c1)N1CCCc2nc(C3(c4cccc(Cl)c4)CC3)[nH]c(=O)c2C1. The van der Waals surface area contributed by atoms with Crippen molar-refractivity contribution in [1.29, 1.82) is 0 Å². The van der Waals surface area contributed by atoms with Gasteiger partial charge in [-0.2, -0.15) is 0 Å². The van der Waals surface area contributed by atoms with E-state index in [4.69, 9.17) is 21.3 Å². The molecule has 0 spiro atoms. The van der Waals surface area contributed by atoms with Gasteiger partial charge < -0.3 is 19.7 Å². The predicted molar refractivity (Wildman–Crippen MR) is 148 cm³/mol. The highest BCUT2D eigenvalue weighted by molar-refractivity contribution is 6.30. The summed E-state index contributed by atoms with van der Waals surface area (Å²) in [6, 6.07) is 23.9. The number of carbonyl (C=O) groups is 1. The minimum atomic E-state index is -1.38. The maximum atomic E-state index is 13.4. The first-order valence-electron chi connectivity index (χ1n) is 13.1. The number of aliphatic hydroxyl groups is 1. The molecule has 3 aromatic carbocycles. The number of ether oxygens (including phenoxy) is 1. The molecule has 39 heavy (non-hydrogen) atoms. The van der Waals surface area contributed by atoms with Crippen molar-refractivity contribution in [2.24, 2.45) is 0 Å². The van der Waals surface area contributed by atoms with Gasteiger partial charge in [0.1, 0.15) is 17.3 Å². The van der Waals surface area contributed by atoms with E-state index in [9.17, 15) is 14.7 Å². The van der Waals surface area contributed by atoms with Gasteiger partial charge in [0.15, 0.2) is 6.10 Å². The van der Waals surface area contributed by atoms with Gasteiger partial charge in [-0.25, -0.2) is 4.98 Å². The van der Waals surface area contributed by atoms with Crippen LogP contribution in [0, 0.1) is 0 Å². The average Bonchev–Trinajstić information content (AvgIpc) is 3.78. The molecule has 7 nitrogen and oxygen atoms in total. The van der Waals surface area contributed by atoms with Crippen LogP contribution in [0.4, 0.5) is 0 Å². The average molecular weight is 542 g/mol. The third kappa shape index (κ3) is 5.07. The summed E-state index contributed by atoms with van der Waals surface area (Å²) in [7, 11) is 0. The number of nitrogens with one attached hydrogen (secondary N) is 1. The molecule has 1 saturated carbocycles. The molecule has 1 unspecified atom stereocenters. The van der Waals surface area contributed by atoms with E-state index in [-0.39, 0.29) is 17.5 Å². The Labute approximate surface area is 231 Å². The molecule has 1 amide bonds. The topological polar surface area (TPSA) is 95.5 Å².